The van der Waals surface area contributed by atoms with Gasteiger partial charge in [0.2, 0.25) is 5.13 Å². The first-order chi connectivity index (χ1) is 13.2. The Morgan fingerprint density at radius 1 is 1.18 bits per heavy atom. The van der Waals surface area contributed by atoms with E-state index in [4.69, 9.17) is 4.99 Å². The molecular formula is C19H36IN7S. The predicted molar refractivity (Wildman–Crippen MR) is 129 cm³/mol. The summed E-state index contributed by atoms with van der Waals surface area (Å²) in [5, 5.41) is 4.56. The molecule has 1 unspecified atom stereocenters. The Bertz CT molecular complexity index is 601. The van der Waals surface area contributed by atoms with Crippen LogP contribution in [0.2, 0.25) is 0 Å². The lowest BCUT2D eigenvalue weighted by Crippen LogP contribution is -2.52. The molecule has 2 saturated heterocycles. The number of hydrogen-bond acceptors (Lipinski definition) is 6. The first kappa shape index (κ1) is 23.6. The molecule has 160 valence electrons. The standard InChI is InChI=1S/C19H35N7S.HI/c1-4-8-24-9-7-16(15-24)14-21-18(20-6-3)25-10-12-26(13-11-25)19-22-17(5-2)23-27-19;/h16H,4-15H2,1-3H3,(H,20,21);1H. The van der Waals surface area contributed by atoms with E-state index in [-0.39, 0.29) is 24.0 Å². The Morgan fingerprint density at radius 2 is 1.96 bits per heavy atom. The van der Waals surface area contributed by atoms with Gasteiger partial charge in [-0.15, -0.1) is 24.0 Å². The van der Waals surface area contributed by atoms with Crippen molar-refractivity contribution >= 4 is 46.6 Å². The van der Waals surface area contributed by atoms with E-state index in [0.29, 0.717) is 5.92 Å². The number of rotatable bonds is 7. The van der Waals surface area contributed by atoms with Crippen LogP contribution in [0.5, 0.6) is 0 Å². The number of piperazine rings is 1. The minimum Gasteiger partial charge on any atom is -0.357 e. The lowest BCUT2D eigenvalue weighted by atomic mass is 10.1. The summed E-state index contributed by atoms with van der Waals surface area (Å²) in [6.07, 6.45) is 3.44. The van der Waals surface area contributed by atoms with Crippen LogP contribution in [0.15, 0.2) is 4.99 Å². The molecule has 0 aromatic carbocycles. The number of aliphatic imine (C=N–C) groups is 1. The second-order valence-corrected chi connectivity index (χ2v) is 8.20. The Hall–Kier alpha value is -0.680. The molecule has 0 radical (unpaired) electrons. The van der Waals surface area contributed by atoms with Crippen molar-refractivity contribution in [1.29, 1.82) is 0 Å². The predicted octanol–water partition coefficient (Wildman–Crippen LogP) is 2.54. The van der Waals surface area contributed by atoms with Crippen molar-refractivity contribution in [2.45, 2.75) is 40.0 Å². The zero-order chi connectivity index (χ0) is 19.1. The number of halogens is 1. The molecule has 3 rings (SSSR count). The highest BCUT2D eigenvalue weighted by Gasteiger charge is 2.24. The van der Waals surface area contributed by atoms with Crippen LogP contribution < -0.4 is 10.2 Å². The van der Waals surface area contributed by atoms with Crippen LogP contribution >= 0.6 is 35.5 Å². The quantitative estimate of drug-likeness (QED) is 0.338. The highest BCUT2D eigenvalue weighted by molar-refractivity contribution is 14.0. The molecule has 7 nitrogen and oxygen atoms in total. The molecule has 2 aliphatic heterocycles. The summed E-state index contributed by atoms with van der Waals surface area (Å²) in [7, 11) is 0. The zero-order valence-corrected chi connectivity index (χ0v) is 20.7. The number of likely N-dealkylation sites (tertiary alicyclic amines) is 1. The van der Waals surface area contributed by atoms with Crippen molar-refractivity contribution in [3.63, 3.8) is 0 Å². The van der Waals surface area contributed by atoms with E-state index >= 15 is 0 Å². The largest absolute Gasteiger partial charge is 0.357 e. The van der Waals surface area contributed by atoms with Crippen molar-refractivity contribution < 1.29 is 0 Å². The topological polar surface area (TPSA) is 59.9 Å². The third kappa shape index (κ3) is 6.41. The van der Waals surface area contributed by atoms with Gasteiger partial charge in [-0.2, -0.15) is 4.37 Å². The van der Waals surface area contributed by atoms with Gasteiger partial charge in [0.05, 0.1) is 0 Å². The molecule has 1 aromatic heterocycles. The molecule has 3 heterocycles. The second kappa shape index (κ2) is 12.1. The minimum atomic E-state index is 0. The summed E-state index contributed by atoms with van der Waals surface area (Å²) >= 11 is 1.53. The van der Waals surface area contributed by atoms with Crippen molar-refractivity contribution in [3.05, 3.63) is 5.82 Å². The zero-order valence-electron chi connectivity index (χ0n) is 17.6. The molecule has 1 atom stereocenters. The maximum Gasteiger partial charge on any atom is 0.205 e. The van der Waals surface area contributed by atoms with E-state index in [2.05, 4.69) is 50.1 Å². The molecule has 0 aliphatic carbocycles. The SMILES string of the molecule is CCCN1CCC(CN=C(NCC)N2CCN(c3nc(CC)ns3)CC2)C1.I. The van der Waals surface area contributed by atoms with Crippen molar-refractivity contribution in [1.82, 2.24) is 24.5 Å². The van der Waals surface area contributed by atoms with Crippen molar-refractivity contribution in [3.8, 4) is 0 Å². The normalized spacial score (nSPS) is 21.1. The van der Waals surface area contributed by atoms with Gasteiger partial charge >= 0.3 is 0 Å². The van der Waals surface area contributed by atoms with Crippen LogP contribution in [-0.4, -0.2) is 84.0 Å². The van der Waals surface area contributed by atoms with Gasteiger partial charge in [0.1, 0.15) is 5.82 Å². The summed E-state index contributed by atoms with van der Waals surface area (Å²) < 4.78 is 4.42. The van der Waals surface area contributed by atoms with Gasteiger partial charge in [-0.05, 0) is 38.8 Å². The summed E-state index contributed by atoms with van der Waals surface area (Å²) in [6, 6.07) is 0. The third-order valence-electron chi connectivity index (χ3n) is 5.37. The van der Waals surface area contributed by atoms with E-state index in [1.54, 1.807) is 0 Å². The van der Waals surface area contributed by atoms with Crippen LogP contribution in [-0.2, 0) is 6.42 Å². The van der Waals surface area contributed by atoms with Crippen LogP contribution in [0, 0.1) is 5.92 Å². The van der Waals surface area contributed by atoms with E-state index < -0.39 is 0 Å². The van der Waals surface area contributed by atoms with Crippen LogP contribution in [0.1, 0.15) is 39.4 Å². The molecule has 1 aromatic rings. The van der Waals surface area contributed by atoms with Gasteiger partial charge in [0, 0.05) is 63.8 Å². The summed E-state index contributed by atoms with van der Waals surface area (Å²) in [6.45, 7) is 16.0. The number of anilines is 1. The van der Waals surface area contributed by atoms with E-state index in [1.807, 2.05) is 0 Å². The molecule has 1 N–H and O–H groups in total. The van der Waals surface area contributed by atoms with Gasteiger partial charge in [0.25, 0.3) is 0 Å². The maximum absolute atomic E-state index is 4.99. The minimum absolute atomic E-state index is 0. The second-order valence-electron chi connectivity index (χ2n) is 7.47. The van der Waals surface area contributed by atoms with Gasteiger partial charge in [-0.3, -0.25) is 4.99 Å². The fourth-order valence-electron chi connectivity index (χ4n) is 3.85. The maximum atomic E-state index is 4.99. The van der Waals surface area contributed by atoms with Gasteiger partial charge in [-0.1, -0.05) is 13.8 Å². The van der Waals surface area contributed by atoms with E-state index in [1.165, 1.54) is 44.0 Å². The average molecular weight is 522 g/mol. The lowest BCUT2D eigenvalue weighted by Gasteiger charge is -2.36. The molecular weight excluding hydrogens is 485 g/mol. The smallest absolute Gasteiger partial charge is 0.205 e. The highest BCUT2D eigenvalue weighted by atomic mass is 127. The summed E-state index contributed by atoms with van der Waals surface area (Å²) in [5.74, 6) is 2.75. The first-order valence-electron chi connectivity index (χ1n) is 10.6. The number of hydrogen-bond donors (Lipinski definition) is 1. The first-order valence-corrected chi connectivity index (χ1v) is 11.3. The van der Waals surface area contributed by atoms with E-state index in [9.17, 15) is 0 Å². The molecule has 28 heavy (non-hydrogen) atoms. The molecule has 0 saturated carbocycles. The van der Waals surface area contributed by atoms with Crippen LogP contribution in [0.25, 0.3) is 0 Å². The Kier molecular flexibility index (Phi) is 10.2. The van der Waals surface area contributed by atoms with Gasteiger partial charge < -0.3 is 20.0 Å². The average Bonchev–Trinajstić information content (AvgIpc) is 3.35. The monoisotopic (exact) mass is 521 g/mol. The summed E-state index contributed by atoms with van der Waals surface area (Å²) in [4.78, 5) is 17.0. The molecule has 0 bridgehead atoms. The highest BCUT2D eigenvalue weighted by Crippen LogP contribution is 2.20. The fraction of sp³-hybridized carbons (Fsp3) is 0.842. The number of aryl methyl sites for hydroxylation is 1. The van der Waals surface area contributed by atoms with Crippen LogP contribution in [0.3, 0.4) is 0 Å². The number of nitrogens with zero attached hydrogens (tertiary/aromatic N) is 6. The summed E-state index contributed by atoms with van der Waals surface area (Å²) in [5.41, 5.74) is 0. The molecule has 0 spiro atoms. The molecule has 2 aliphatic rings. The van der Waals surface area contributed by atoms with Gasteiger partial charge in [-0.25, -0.2) is 4.98 Å². The third-order valence-corrected chi connectivity index (χ3v) is 6.18. The number of guanidine groups is 1. The number of nitrogens with one attached hydrogen (secondary N) is 1. The van der Waals surface area contributed by atoms with E-state index in [0.717, 1.165) is 62.6 Å². The Labute approximate surface area is 191 Å². The lowest BCUT2D eigenvalue weighted by molar-refractivity contribution is 0.325. The number of aromatic nitrogens is 2. The van der Waals surface area contributed by atoms with Crippen LogP contribution in [0.4, 0.5) is 5.13 Å². The van der Waals surface area contributed by atoms with Crippen molar-refractivity contribution in [2.75, 3.05) is 63.8 Å². The Morgan fingerprint density at radius 3 is 2.61 bits per heavy atom. The molecule has 0 amide bonds. The van der Waals surface area contributed by atoms with Crippen molar-refractivity contribution in [2.24, 2.45) is 10.9 Å². The van der Waals surface area contributed by atoms with Gasteiger partial charge in [0.15, 0.2) is 5.96 Å². The molecule has 2 fully saturated rings. The Balaban J connectivity index is 0.00000280. The molecule has 9 heteroatoms. The fourth-order valence-corrected chi connectivity index (χ4v) is 4.65.